The molecule has 2 N–H and O–H groups in total. The zero-order valence-corrected chi connectivity index (χ0v) is 20.0. The lowest BCUT2D eigenvalue weighted by Gasteiger charge is -2.38. The van der Waals surface area contributed by atoms with E-state index < -0.39 is 50.7 Å². The van der Waals surface area contributed by atoms with E-state index in [0.717, 1.165) is 11.8 Å². The molecule has 3 aromatic rings. The molecule has 1 aliphatic rings. The van der Waals surface area contributed by atoms with E-state index in [-0.39, 0.29) is 15.8 Å². The molecule has 2 heterocycles. The van der Waals surface area contributed by atoms with Crippen molar-refractivity contribution in [3.05, 3.63) is 69.5 Å². The number of nitrogens with zero attached hydrogens (tertiary/aromatic N) is 3. The van der Waals surface area contributed by atoms with Gasteiger partial charge in [-0.05, 0) is 39.2 Å². The molecule has 0 fully saturated rings. The number of aryl methyl sites for hydroxylation is 1. The lowest BCUT2D eigenvalue weighted by Crippen LogP contribution is -2.52. The van der Waals surface area contributed by atoms with Gasteiger partial charge in [0.25, 0.3) is 10.1 Å². The Kier molecular flexibility index (Phi) is 7.15. The van der Waals surface area contributed by atoms with Crippen molar-refractivity contribution in [2.75, 3.05) is 32.7 Å². The lowest BCUT2D eigenvalue weighted by atomic mass is 10.1. The fourth-order valence-corrected chi connectivity index (χ4v) is 3.90. The van der Waals surface area contributed by atoms with E-state index in [1.54, 1.807) is 38.2 Å². The number of hydrogen-bond donors (Lipinski definition) is 2. The van der Waals surface area contributed by atoms with Crippen molar-refractivity contribution in [3.63, 3.8) is 0 Å². The standard InChI is InChI=1S/C15H15F2N3O4.C7H8O3S/c1-18(2)6-10-19(3)20-5-8(15(22)23)13(21)7-4-9(16)11(17)14(24-10)12(7)20;1-6-2-4-7(5-3-6)11(8,9)10/h4-5,10H,6H2,1-3H3,(H,22,23);2-5H,1H3,(H,8,9,10). The molecule has 0 saturated carbocycles. The second-order valence-electron chi connectivity index (χ2n) is 8.12. The Morgan fingerprint density at radius 2 is 1.80 bits per heavy atom. The molecule has 1 atom stereocenters. The normalized spacial score (nSPS) is 15.0. The molecule has 35 heavy (non-hydrogen) atoms. The summed E-state index contributed by atoms with van der Waals surface area (Å²) in [5, 5.41) is 10.5. The zero-order chi connectivity index (χ0) is 26.2. The van der Waals surface area contributed by atoms with Gasteiger partial charge < -0.3 is 14.7 Å². The minimum Gasteiger partial charge on any atom is -0.477 e. The number of likely N-dealkylation sites (N-methyl/N-ethyl adjacent to an activating group) is 2. The Morgan fingerprint density at radius 1 is 1.20 bits per heavy atom. The highest BCUT2D eigenvalue weighted by atomic mass is 32.2. The van der Waals surface area contributed by atoms with Crippen molar-refractivity contribution < 1.29 is 36.4 Å². The van der Waals surface area contributed by atoms with Gasteiger partial charge in [0.05, 0.1) is 16.8 Å². The highest BCUT2D eigenvalue weighted by Crippen LogP contribution is 2.34. The molecule has 0 saturated heterocycles. The van der Waals surface area contributed by atoms with Crippen LogP contribution in [0, 0.1) is 18.6 Å². The predicted molar refractivity (Wildman–Crippen MR) is 123 cm³/mol. The number of pyridine rings is 1. The van der Waals surface area contributed by atoms with Gasteiger partial charge in [0.2, 0.25) is 11.2 Å². The van der Waals surface area contributed by atoms with Crippen LogP contribution in [0.2, 0.25) is 0 Å². The van der Waals surface area contributed by atoms with E-state index in [1.807, 2.05) is 6.92 Å². The van der Waals surface area contributed by atoms with E-state index in [2.05, 4.69) is 0 Å². The molecular formula is C22H23F2N3O7S. The van der Waals surface area contributed by atoms with E-state index in [0.29, 0.717) is 12.6 Å². The molecule has 188 valence electrons. The second kappa shape index (κ2) is 9.60. The third kappa shape index (κ3) is 5.26. The summed E-state index contributed by atoms with van der Waals surface area (Å²) in [6.07, 6.45) is 0.398. The summed E-state index contributed by atoms with van der Waals surface area (Å²) < 4.78 is 64.5. The lowest BCUT2D eigenvalue weighted by molar-refractivity contribution is 0.0693. The summed E-state index contributed by atoms with van der Waals surface area (Å²) in [6, 6.07) is 6.68. The molecule has 0 aliphatic carbocycles. The molecule has 2 aromatic carbocycles. The largest absolute Gasteiger partial charge is 0.477 e. The number of aromatic nitrogens is 1. The van der Waals surface area contributed by atoms with Gasteiger partial charge in [0.1, 0.15) is 11.1 Å². The number of carboxylic acid groups (broad SMARTS) is 1. The molecule has 0 spiro atoms. The van der Waals surface area contributed by atoms with Crippen LogP contribution < -0.4 is 15.2 Å². The van der Waals surface area contributed by atoms with E-state index in [4.69, 9.17) is 9.29 Å². The number of hydrogen-bond acceptors (Lipinski definition) is 7. The Balaban J connectivity index is 0.000000261. The highest BCUT2D eigenvalue weighted by Gasteiger charge is 2.32. The summed E-state index contributed by atoms with van der Waals surface area (Å²) in [5.41, 5.74) is -0.465. The maximum Gasteiger partial charge on any atom is 0.341 e. The second-order valence-corrected chi connectivity index (χ2v) is 9.54. The predicted octanol–water partition coefficient (Wildman–Crippen LogP) is 2.07. The number of carbonyl (C=O) groups is 1. The minimum atomic E-state index is -4.02. The molecule has 4 rings (SSSR count). The summed E-state index contributed by atoms with van der Waals surface area (Å²) in [6.45, 7) is 2.18. The van der Waals surface area contributed by atoms with Crippen molar-refractivity contribution in [1.29, 1.82) is 0 Å². The number of carboxylic acids is 1. The van der Waals surface area contributed by atoms with E-state index >= 15 is 0 Å². The fraction of sp³-hybridized carbons (Fsp3) is 0.273. The average Bonchev–Trinajstić information content (AvgIpc) is 2.75. The van der Waals surface area contributed by atoms with Crippen LogP contribution >= 0.6 is 0 Å². The maximum atomic E-state index is 14.2. The fourth-order valence-electron chi connectivity index (χ4n) is 3.42. The number of benzene rings is 2. The number of ether oxygens (including phenoxy) is 1. The SMILES string of the molecule is CN(C)CC1Oc2c(F)c(F)cc3c(=O)c(C(=O)O)cn(c23)N1C.Cc1ccc(S(=O)(=O)O)cc1. The highest BCUT2D eigenvalue weighted by molar-refractivity contribution is 7.85. The summed E-state index contributed by atoms with van der Waals surface area (Å²) >= 11 is 0. The van der Waals surface area contributed by atoms with Crippen molar-refractivity contribution in [2.45, 2.75) is 18.0 Å². The first kappa shape index (κ1) is 26.1. The average molecular weight is 512 g/mol. The van der Waals surface area contributed by atoms with Gasteiger partial charge in [-0.1, -0.05) is 17.7 Å². The zero-order valence-electron chi connectivity index (χ0n) is 19.2. The van der Waals surface area contributed by atoms with Crippen molar-refractivity contribution in [1.82, 2.24) is 9.58 Å². The molecule has 0 bridgehead atoms. The van der Waals surface area contributed by atoms with Crippen LogP contribution in [-0.4, -0.2) is 67.5 Å². The van der Waals surface area contributed by atoms with Gasteiger partial charge in [0, 0.05) is 13.2 Å². The molecular weight excluding hydrogens is 488 g/mol. The van der Waals surface area contributed by atoms with Crippen LogP contribution in [0.3, 0.4) is 0 Å². The van der Waals surface area contributed by atoms with E-state index in [1.165, 1.54) is 21.8 Å². The van der Waals surface area contributed by atoms with Crippen LogP contribution in [-0.2, 0) is 10.1 Å². The summed E-state index contributed by atoms with van der Waals surface area (Å²) in [7, 11) is 1.14. The molecule has 10 nitrogen and oxygen atoms in total. The van der Waals surface area contributed by atoms with Crippen LogP contribution in [0.4, 0.5) is 8.78 Å². The van der Waals surface area contributed by atoms with Gasteiger partial charge in [-0.3, -0.25) is 19.0 Å². The number of aromatic carboxylic acids is 1. The molecule has 0 amide bonds. The Bertz CT molecular complexity index is 1450. The molecule has 0 radical (unpaired) electrons. The smallest absolute Gasteiger partial charge is 0.341 e. The summed E-state index contributed by atoms with van der Waals surface area (Å²) in [4.78, 5) is 25.3. The molecule has 13 heteroatoms. The quantitative estimate of drug-likeness (QED) is 0.506. The van der Waals surface area contributed by atoms with Gasteiger partial charge in [-0.2, -0.15) is 12.8 Å². The van der Waals surface area contributed by atoms with Crippen LogP contribution in [0.5, 0.6) is 5.75 Å². The van der Waals surface area contributed by atoms with Gasteiger partial charge >= 0.3 is 5.97 Å². The number of halogens is 2. The molecule has 1 unspecified atom stereocenters. The maximum absolute atomic E-state index is 14.2. The molecule has 1 aliphatic heterocycles. The Hall–Kier alpha value is -3.55. The monoisotopic (exact) mass is 511 g/mol. The first-order chi connectivity index (χ1) is 16.2. The number of rotatable bonds is 4. The van der Waals surface area contributed by atoms with Gasteiger partial charge in [-0.25, -0.2) is 9.18 Å². The first-order valence-corrected chi connectivity index (χ1v) is 11.6. The topological polar surface area (TPSA) is 129 Å². The molecule has 1 aromatic heterocycles. The third-order valence-electron chi connectivity index (χ3n) is 5.20. The van der Waals surface area contributed by atoms with Crippen LogP contribution in [0.15, 0.2) is 46.2 Å². The minimum absolute atomic E-state index is 0.00130. The Labute approximate surface area is 199 Å². The van der Waals surface area contributed by atoms with Gasteiger partial charge in [0.15, 0.2) is 17.8 Å². The van der Waals surface area contributed by atoms with Crippen molar-refractivity contribution in [2.24, 2.45) is 0 Å². The third-order valence-corrected chi connectivity index (χ3v) is 6.07. The van der Waals surface area contributed by atoms with Crippen molar-refractivity contribution in [3.8, 4) is 5.75 Å². The van der Waals surface area contributed by atoms with Crippen LogP contribution in [0.25, 0.3) is 10.9 Å². The Morgan fingerprint density at radius 3 is 2.31 bits per heavy atom. The van der Waals surface area contributed by atoms with Crippen LogP contribution in [0.1, 0.15) is 15.9 Å². The van der Waals surface area contributed by atoms with E-state index in [9.17, 15) is 31.9 Å². The summed E-state index contributed by atoms with van der Waals surface area (Å²) in [5.74, 6) is -4.32. The van der Waals surface area contributed by atoms with Crippen molar-refractivity contribution >= 4 is 27.0 Å². The first-order valence-electron chi connectivity index (χ1n) is 10.1. The van der Waals surface area contributed by atoms with Gasteiger partial charge in [-0.15, -0.1) is 0 Å².